The fraction of sp³-hybridized carbons (Fsp3) is 1.00. The predicted octanol–water partition coefficient (Wildman–Crippen LogP) is -0.613. The molecule has 19 heavy (non-hydrogen) atoms. The highest BCUT2D eigenvalue weighted by atomic mass is 31.2. The summed E-state index contributed by atoms with van der Waals surface area (Å²) in [6.07, 6.45) is -0.335. The molecule has 0 aliphatic rings. The molecule has 0 saturated carbocycles. The van der Waals surface area contributed by atoms with E-state index in [4.69, 9.17) is 29.8 Å². The third-order valence-electron chi connectivity index (χ3n) is 2.49. The zero-order valence-corrected chi connectivity index (χ0v) is 11.8. The van der Waals surface area contributed by atoms with Gasteiger partial charge in [-0.25, -0.2) is 4.57 Å². The van der Waals surface area contributed by atoms with Crippen molar-refractivity contribution in [2.45, 2.75) is 37.9 Å². The number of aliphatic hydroxyl groups excluding tert-OH is 3. The van der Waals surface area contributed by atoms with Crippen LogP contribution in [0.15, 0.2) is 0 Å². The number of ether oxygens (including phenoxy) is 1. The van der Waals surface area contributed by atoms with Gasteiger partial charge in [0.05, 0.1) is 12.7 Å². The summed E-state index contributed by atoms with van der Waals surface area (Å²) in [5, 5.41) is 27.0. The van der Waals surface area contributed by atoms with Crippen molar-refractivity contribution in [3.8, 4) is 0 Å². The molecule has 0 aliphatic carbocycles. The standard InChI is InChI=1S/C10H23O8P/c1-9(13)2-7-17-8-10(3-5-11,4-6-12)18-19(14,15)16/h9,11-13H,2-8H2,1H3,(H2,14,15,16). The molecule has 0 aromatic heterocycles. The molecule has 9 heteroatoms. The average molecular weight is 302 g/mol. The van der Waals surface area contributed by atoms with Crippen LogP contribution in [-0.2, 0) is 13.8 Å². The maximum Gasteiger partial charge on any atom is 0.470 e. The van der Waals surface area contributed by atoms with Gasteiger partial charge in [-0.2, -0.15) is 0 Å². The predicted molar refractivity (Wildman–Crippen MR) is 66.4 cm³/mol. The Hall–Kier alpha value is -0.0500. The lowest BCUT2D eigenvalue weighted by Gasteiger charge is -2.32. The lowest BCUT2D eigenvalue weighted by Crippen LogP contribution is -2.39. The number of aliphatic hydroxyl groups is 3. The first-order valence-electron chi connectivity index (χ1n) is 5.98. The van der Waals surface area contributed by atoms with Crippen LogP contribution in [0.2, 0.25) is 0 Å². The quantitative estimate of drug-likeness (QED) is 0.252. The smallest absolute Gasteiger partial charge is 0.396 e. The Morgan fingerprint density at radius 2 is 1.74 bits per heavy atom. The summed E-state index contributed by atoms with van der Waals surface area (Å²) in [6.45, 7) is 0.858. The molecular formula is C10H23O8P. The van der Waals surface area contributed by atoms with E-state index in [-0.39, 0.29) is 39.3 Å². The van der Waals surface area contributed by atoms with Gasteiger partial charge in [0.25, 0.3) is 0 Å². The van der Waals surface area contributed by atoms with Crippen LogP contribution >= 0.6 is 7.82 Å². The molecule has 0 saturated heterocycles. The molecule has 1 atom stereocenters. The molecule has 5 N–H and O–H groups in total. The first-order chi connectivity index (χ1) is 8.74. The summed E-state index contributed by atoms with van der Waals surface area (Å²) in [6, 6.07) is 0. The van der Waals surface area contributed by atoms with Crippen molar-refractivity contribution in [1.82, 2.24) is 0 Å². The second kappa shape index (κ2) is 8.99. The molecule has 0 radical (unpaired) electrons. The number of phosphoric acid groups is 1. The molecule has 0 spiro atoms. The molecule has 1 unspecified atom stereocenters. The summed E-state index contributed by atoms with van der Waals surface area (Å²) < 4.78 is 20.8. The number of hydrogen-bond acceptors (Lipinski definition) is 6. The van der Waals surface area contributed by atoms with Gasteiger partial charge in [0.2, 0.25) is 0 Å². The molecule has 0 heterocycles. The zero-order chi connectivity index (χ0) is 14.9. The minimum Gasteiger partial charge on any atom is -0.396 e. The summed E-state index contributed by atoms with van der Waals surface area (Å²) in [4.78, 5) is 17.8. The van der Waals surface area contributed by atoms with Gasteiger partial charge < -0.3 is 29.8 Å². The van der Waals surface area contributed by atoms with E-state index in [1.165, 1.54) is 0 Å². The lowest BCUT2D eigenvalue weighted by atomic mass is 9.97. The van der Waals surface area contributed by atoms with Crippen LogP contribution in [0.4, 0.5) is 0 Å². The van der Waals surface area contributed by atoms with Crippen LogP contribution in [0.3, 0.4) is 0 Å². The summed E-state index contributed by atoms with van der Waals surface area (Å²) in [5.41, 5.74) is -1.44. The zero-order valence-electron chi connectivity index (χ0n) is 10.9. The number of phosphoric ester groups is 1. The van der Waals surface area contributed by atoms with Gasteiger partial charge in [-0.15, -0.1) is 0 Å². The van der Waals surface area contributed by atoms with Gasteiger partial charge in [-0.05, 0) is 13.3 Å². The molecule has 0 fully saturated rings. The van der Waals surface area contributed by atoms with Crippen LogP contribution in [0, 0.1) is 0 Å². The van der Waals surface area contributed by atoms with Crippen molar-refractivity contribution in [3.05, 3.63) is 0 Å². The molecular weight excluding hydrogens is 279 g/mol. The lowest BCUT2D eigenvalue weighted by molar-refractivity contribution is -0.0699. The normalized spacial score (nSPS) is 14.6. The molecule has 8 nitrogen and oxygen atoms in total. The van der Waals surface area contributed by atoms with E-state index in [0.717, 1.165) is 0 Å². The van der Waals surface area contributed by atoms with E-state index in [0.29, 0.717) is 6.42 Å². The van der Waals surface area contributed by atoms with Gasteiger partial charge in [0.1, 0.15) is 5.60 Å². The van der Waals surface area contributed by atoms with Crippen LogP contribution in [0.1, 0.15) is 26.2 Å². The van der Waals surface area contributed by atoms with Gasteiger partial charge >= 0.3 is 7.82 Å². The van der Waals surface area contributed by atoms with E-state index < -0.39 is 19.5 Å². The van der Waals surface area contributed by atoms with Gasteiger partial charge in [0, 0.05) is 32.7 Å². The van der Waals surface area contributed by atoms with Crippen molar-refractivity contribution >= 4 is 7.82 Å². The Kier molecular flexibility index (Phi) is 8.97. The average Bonchev–Trinajstić information content (AvgIpc) is 2.22. The van der Waals surface area contributed by atoms with Crippen molar-refractivity contribution in [1.29, 1.82) is 0 Å². The van der Waals surface area contributed by atoms with E-state index in [1.807, 2.05) is 0 Å². The largest absolute Gasteiger partial charge is 0.470 e. The van der Waals surface area contributed by atoms with E-state index in [1.54, 1.807) is 6.92 Å². The van der Waals surface area contributed by atoms with Crippen LogP contribution in [0.25, 0.3) is 0 Å². The molecule has 0 bridgehead atoms. The fourth-order valence-electron chi connectivity index (χ4n) is 1.56. The highest BCUT2D eigenvalue weighted by Gasteiger charge is 2.37. The van der Waals surface area contributed by atoms with Crippen molar-refractivity contribution < 1.29 is 38.9 Å². The summed E-state index contributed by atoms with van der Waals surface area (Å²) >= 11 is 0. The van der Waals surface area contributed by atoms with Crippen molar-refractivity contribution in [3.63, 3.8) is 0 Å². The highest BCUT2D eigenvalue weighted by Crippen LogP contribution is 2.44. The minimum atomic E-state index is -4.77. The molecule has 0 amide bonds. The Morgan fingerprint density at radius 3 is 2.11 bits per heavy atom. The third-order valence-corrected chi connectivity index (χ3v) is 3.12. The monoisotopic (exact) mass is 302 g/mol. The Labute approximate surface area is 112 Å². The fourth-order valence-corrected chi connectivity index (χ4v) is 2.30. The Morgan fingerprint density at radius 1 is 1.21 bits per heavy atom. The Bertz CT molecular complexity index is 271. The van der Waals surface area contributed by atoms with Gasteiger partial charge in [-0.3, -0.25) is 4.52 Å². The van der Waals surface area contributed by atoms with Crippen LogP contribution in [0.5, 0.6) is 0 Å². The number of hydrogen-bond donors (Lipinski definition) is 5. The molecule has 0 aliphatic heterocycles. The van der Waals surface area contributed by atoms with E-state index >= 15 is 0 Å². The summed E-state index contributed by atoms with van der Waals surface area (Å²) in [7, 11) is -4.77. The highest BCUT2D eigenvalue weighted by molar-refractivity contribution is 7.46. The molecule has 0 aromatic carbocycles. The third kappa shape index (κ3) is 9.48. The second-order valence-electron chi connectivity index (χ2n) is 4.40. The van der Waals surface area contributed by atoms with Gasteiger partial charge in [-0.1, -0.05) is 0 Å². The molecule has 116 valence electrons. The topological polar surface area (TPSA) is 137 Å². The minimum absolute atomic E-state index is 0.0760. The van der Waals surface area contributed by atoms with Crippen molar-refractivity contribution in [2.24, 2.45) is 0 Å². The molecule has 0 rings (SSSR count). The van der Waals surface area contributed by atoms with E-state index in [2.05, 4.69) is 4.52 Å². The first kappa shape index (κ1) is 18.9. The Balaban J connectivity index is 4.57. The summed E-state index contributed by atoms with van der Waals surface area (Å²) in [5.74, 6) is 0. The van der Waals surface area contributed by atoms with Gasteiger partial charge in [0.15, 0.2) is 0 Å². The maximum atomic E-state index is 11.0. The first-order valence-corrected chi connectivity index (χ1v) is 7.51. The van der Waals surface area contributed by atoms with Crippen LogP contribution in [-0.4, -0.2) is 63.2 Å². The molecule has 0 aromatic rings. The van der Waals surface area contributed by atoms with Crippen LogP contribution < -0.4 is 0 Å². The SMILES string of the molecule is CC(O)CCOCC(CCO)(CCO)OP(=O)(O)O. The maximum absolute atomic E-state index is 11.0. The van der Waals surface area contributed by atoms with Crippen molar-refractivity contribution in [2.75, 3.05) is 26.4 Å². The van der Waals surface area contributed by atoms with E-state index in [9.17, 15) is 4.57 Å². The second-order valence-corrected chi connectivity index (χ2v) is 5.57. The number of rotatable bonds is 11.